The third-order valence-corrected chi connectivity index (χ3v) is 6.67. The molecule has 8 nitrogen and oxygen atoms in total. The molecule has 26 heavy (non-hydrogen) atoms. The molecule has 0 saturated carbocycles. The van der Waals surface area contributed by atoms with E-state index in [1.54, 1.807) is 29.4 Å². The Bertz CT molecular complexity index is 888. The lowest BCUT2D eigenvalue weighted by molar-refractivity contribution is 0.164. The highest BCUT2D eigenvalue weighted by Crippen LogP contribution is 2.33. The van der Waals surface area contributed by atoms with Crippen LogP contribution in [0.4, 0.5) is 5.82 Å². The normalized spacial score (nSPS) is 17.1. The van der Waals surface area contributed by atoms with Crippen molar-refractivity contribution in [1.82, 2.24) is 30.0 Å². The summed E-state index contributed by atoms with van der Waals surface area (Å²) in [6, 6.07) is 0.127. The van der Waals surface area contributed by atoms with Crippen molar-refractivity contribution < 1.29 is 4.52 Å². The van der Waals surface area contributed by atoms with Crippen molar-refractivity contribution in [3.05, 3.63) is 18.0 Å². The average molecular weight is 392 g/mol. The van der Waals surface area contributed by atoms with E-state index in [2.05, 4.69) is 41.8 Å². The Kier molecular flexibility index (Phi) is 5.05. The van der Waals surface area contributed by atoms with E-state index in [0.29, 0.717) is 5.89 Å². The predicted octanol–water partition coefficient (Wildman–Crippen LogP) is 2.64. The topological polar surface area (TPSA) is 84.1 Å². The number of hydrogen-bond acceptors (Lipinski definition) is 10. The Morgan fingerprint density at radius 2 is 2.04 bits per heavy atom. The van der Waals surface area contributed by atoms with Gasteiger partial charge < -0.3 is 9.42 Å². The molecule has 1 fully saturated rings. The molecule has 1 atom stereocenters. The highest BCUT2D eigenvalue weighted by molar-refractivity contribution is 8.00. The lowest BCUT2D eigenvalue weighted by Gasteiger charge is -2.37. The number of thiazole rings is 1. The molecule has 4 heterocycles. The van der Waals surface area contributed by atoms with Crippen molar-refractivity contribution in [2.24, 2.45) is 0 Å². The van der Waals surface area contributed by atoms with Gasteiger partial charge in [0.15, 0.2) is 21.6 Å². The predicted molar refractivity (Wildman–Crippen MR) is 103 cm³/mol. The van der Waals surface area contributed by atoms with Gasteiger partial charge in [0.25, 0.3) is 0 Å². The second-order valence-electron chi connectivity index (χ2n) is 6.14. The highest BCUT2D eigenvalue weighted by Gasteiger charge is 2.27. The maximum atomic E-state index is 5.41. The summed E-state index contributed by atoms with van der Waals surface area (Å²) < 4.78 is 7.51. The molecule has 10 heteroatoms. The largest absolute Gasteiger partial charge is 0.353 e. The molecule has 0 bridgehead atoms. The first kappa shape index (κ1) is 17.6. The van der Waals surface area contributed by atoms with Gasteiger partial charge in [-0.25, -0.2) is 15.0 Å². The van der Waals surface area contributed by atoms with Gasteiger partial charge >= 0.3 is 0 Å². The van der Waals surface area contributed by atoms with Crippen LogP contribution >= 0.6 is 23.1 Å². The van der Waals surface area contributed by atoms with E-state index >= 15 is 0 Å². The number of thioether (sulfide) groups is 1. The van der Waals surface area contributed by atoms with Crippen molar-refractivity contribution in [3.8, 4) is 0 Å². The minimum absolute atomic E-state index is 0.127. The lowest BCUT2D eigenvalue weighted by Crippen LogP contribution is -2.47. The Labute approximate surface area is 160 Å². The molecule has 0 aliphatic carbocycles. The van der Waals surface area contributed by atoms with Crippen LogP contribution in [0.1, 0.15) is 31.6 Å². The quantitative estimate of drug-likeness (QED) is 0.609. The molecule has 3 aromatic heterocycles. The summed E-state index contributed by atoms with van der Waals surface area (Å²) in [5.41, 5.74) is 0.790. The molecule has 0 N–H and O–H groups in total. The molecule has 0 aromatic carbocycles. The van der Waals surface area contributed by atoms with Crippen LogP contribution in [0.15, 0.2) is 15.2 Å². The molecule has 1 aliphatic rings. The Morgan fingerprint density at radius 1 is 1.23 bits per heavy atom. The summed E-state index contributed by atoms with van der Waals surface area (Å²) in [5.74, 6) is 2.46. The fourth-order valence-electron chi connectivity index (χ4n) is 3.09. The molecule has 1 saturated heterocycles. The summed E-state index contributed by atoms with van der Waals surface area (Å²) in [7, 11) is 0. The summed E-state index contributed by atoms with van der Waals surface area (Å²) in [6.45, 7) is 7.80. The molecule has 0 radical (unpaired) electrons. The third-order valence-electron chi connectivity index (χ3n) is 4.65. The summed E-state index contributed by atoms with van der Waals surface area (Å²) >= 11 is 3.31. The first-order valence-electron chi connectivity index (χ1n) is 8.66. The monoisotopic (exact) mass is 391 g/mol. The van der Waals surface area contributed by atoms with Gasteiger partial charge in [0, 0.05) is 32.6 Å². The van der Waals surface area contributed by atoms with Gasteiger partial charge in [-0.2, -0.15) is 4.98 Å². The van der Waals surface area contributed by atoms with E-state index in [9.17, 15) is 0 Å². The summed E-state index contributed by atoms with van der Waals surface area (Å²) in [4.78, 5) is 22.6. The maximum Gasteiger partial charge on any atom is 0.243 e. The van der Waals surface area contributed by atoms with Gasteiger partial charge in [0.2, 0.25) is 5.89 Å². The summed E-state index contributed by atoms with van der Waals surface area (Å²) in [6.07, 6.45) is 4.44. The minimum Gasteiger partial charge on any atom is -0.353 e. The fourth-order valence-corrected chi connectivity index (χ4v) is 4.62. The number of rotatable bonds is 5. The van der Waals surface area contributed by atoms with Gasteiger partial charge in [0.05, 0.1) is 6.04 Å². The summed E-state index contributed by atoms with van der Waals surface area (Å²) in [5, 5.41) is 4.01. The molecular formula is C16H21N7OS2. The zero-order valence-electron chi connectivity index (χ0n) is 15.0. The molecule has 138 valence electrons. The Balaban J connectivity index is 1.47. The van der Waals surface area contributed by atoms with Crippen molar-refractivity contribution in [2.45, 2.75) is 30.6 Å². The fraction of sp³-hybridized carbons (Fsp3) is 0.562. The van der Waals surface area contributed by atoms with Gasteiger partial charge in [-0.05, 0) is 13.2 Å². The van der Waals surface area contributed by atoms with Crippen LogP contribution in [0.25, 0.3) is 10.3 Å². The number of piperazine rings is 1. The molecular weight excluding hydrogens is 370 g/mol. The van der Waals surface area contributed by atoms with E-state index in [1.165, 1.54) is 0 Å². The second-order valence-corrected chi connectivity index (χ2v) is 8.19. The van der Waals surface area contributed by atoms with Crippen molar-refractivity contribution in [2.75, 3.05) is 37.3 Å². The zero-order valence-corrected chi connectivity index (χ0v) is 16.7. The number of aromatic nitrogens is 5. The minimum atomic E-state index is 0.127. The van der Waals surface area contributed by atoms with Gasteiger partial charge in [0.1, 0.15) is 11.0 Å². The standard InChI is InChI=1S/C16H21N7OS2/c1-4-11-19-15(24-21-11)10(2)22-5-7-23(8-6-22)14-12-13(17-9-18-14)20-16(25-3)26-12/h9-10H,4-8H2,1-3H3. The number of fused-ring (bicyclic) bond motifs is 1. The van der Waals surface area contributed by atoms with E-state index in [4.69, 9.17) is 4.52 Å². The van der Waals surface area contributed by atoms with Gasteiger partial charge in [-0.15, -0.1) is 11.3 Å². The molecule has 4 rings (SSSR count). The average Bonchev–Trinajstić information content (AvgIpc) is 3.33. The Morgan fingerprint density at radius 3 is 2.73 bits per heavy atom. The van der Waals surface area contributed by atoms with E-state index in [1.807, 2.05) is 13.2 Å². The van der Waals surface area contributed by atoms with Crippen LogP contribution < -0.4 is 4.90 Å². The number of anilines is 1. The maximum absolute atomic E-state index is 5.41. The lowest BCUT2D eigenvalue weighted by atomic mass is 10.2. The van der Waals surface area contributed by atoms with Crippen molar-refractivity contribution in [3.63, 3.8) is 0 Å². The Hall–Kier alpha value is -1.78. The number of nitrogens with zero attached hydrogens (tertiary/aromatic N) is 7. The van der Waals surface area contributed by atoms with Crippen LogP contribution in [-0.4, -0.2) is 62.4 Å². The van der Waals surface area contributed by atoms with Crippen molar-refractivity contribution >= 4 is 39.3 Å². The van der Waals surface area contributed by atoms with Crippen LogP contribution in [0, 0.1) is 0 Å². The van der Waals surface area contributed by atoms with E-state index < -0.39 is 0 Å². The van der Waals surface area contributed by atoms with Crippen LogP contribution in [0.5, 0.6) is 0 Å². The molecule has 3 aromatic rings. The molecule has 1 unspecified atom stereocenters. The SMILES string of the molecule is CCc1noc(C(C)N2CCN(c3ncnc4nc(SC)sc34)CC2)n1. The first-order valence-corrected chi connectivity index (χ1v) is 10.7. The first-order chi connectivity index (χ1) is 12.7. The van der Waals surface area contributed by atoms with E-state index in [0.717, 1.165) is 58.9 Å². The van der Waals surface area contributed by atoms with Crippen LogP contribution in [0.2, 0.25) is 0 Å². The van der Waals surface area contributed by atoms with Gasteiger partial charge in [-0.3, -0.25) is 4.90 Å². The smallest absolute Gasteiger partial charge is 0.243 e. The molecule has 1 aliphatic heterocycles. The molecule has 0 amide bonds. The van der Waals surface area contributed by atoms with Crippen LogP contribution in [0.3, 0.4) is 0 Å². The number of hydrogen-bond donors (Lipinski definition) is 0. The van der Waals surface area contributed by atoms with Crippen molar-refractivity contribution in [1.29, 1.82) is 0 Å². The van der Waals surface area contributed by atoms with E-state index in [-0.39, 0.29) is 6.04 Å². The van der Waals surface area contributed by atoms with Crippen LogP contribution in [-0.2, 0) is 6.42 Å². The van der Waals surface area contributed by atoms with Gasteiger partial charge in [-0.1, -0.05) is 23.8 Å². The molecule has 0 spiro atoms. The second kappa shape index (κ2) is 7.45. The third kappa shape index (κ3) is 3.28. The highest BCUT2D eigenvalue weighted by atomic mass is 32.2. The zero-order chi connectivity index (χ0) is 18.1. The number of aryl methyl sites for hydroxylation is 1.